The van der Waals surface area contributed by atoms with Gasteiger partial charge < -0.3 is 24.4 Å². The van der Waals surface area contributed by atoms with Gasteiger partial charge in [0.05, 0.1) is 22.1 Å². The first-order chi connectivity index (χ1) is 46.0. The fourth-order valence-corrected chi connectivity index (χ4v) is 13.3. The first kappa shape index (κ1) is 64.4. The summed E-state index contributed by atoms with van der Waals surface area (Å²) < 4.78 is 7.09. The largest absolute Gasteiger partial charge is 0.569 e. The molecule has 0 unspecified atom stereocenters. The Balaban J connectivity index is 0.000000171. The minimum Gasteiger partial charge on any atom is -0.537 e. The van der Waals surface area contributed by atoms with Crippen molar-refractivity contribution in [1.82, 2.24) is 19.9 Å². The van der Waals surface area contributed by atoms with Crippen molar-refractivity contribution in [3.8, 4) is 28.0 Å². The Kier molecular flexibility index (Phi) is 20.0. The van der Waals surface area contributed by atoms with E-state index in [-0.39, 0.29) is 7.43 Å². The maximum absolute atomic E-state index is 8.70. The second-order valence-corrected chi connectivity index (χ2v) is 24.4. The molecule has 0 atom stereocenters. The highest BCUT2D eigenvalue weighted by Gasteiger charge is 2.19. The van der Waals surface area contributed by atoms with E-state index in [2.05, 4.69) is 301 Å². The van der Waals surface area contributed by atoms with Gasteiger partial charge in [0.2, 0.25) is 0 Å². The van der Waals surface area contributed by atoms with E-state index in [0.717, 1.165) is 149 Å². The molecule has 1 N–H and O–H groups in total. The lowest BCUT2D eigenvalue weighted by Crippen LogP contribution is -2.09. The molecule has 0 saturated carbocycles. The van der Waals surface area contributed by atoms with E-state index in [4.69, 9.17) is 19.6 Å². The molecule has 0 aliphatic carbocycles. The molecule has 463 valence electrons. The highest BCUT2D eigenvalue weighted by Crippen LogP contribution is 2.42. The zero-order valence-electron chi connectivity index (χ0n) is 52.2. The summed E-state index contributed by atoms with van der Waals surface area (Å²) in [5.74, 6) is 0.590. The average Bonchev–Trinajstić information content (AvgIpc) is 0.757. The molecule has 12 heteroatoms. The lowest BCUT2D eigenvalue weighted by atomic mass is 9.95. The van der Waals surface area contributed by atoms with Gasteiger partial charge in [-0.25, -0.2) is 0 Å². The summed E-state index contributed by atoms with van der Waals surface area (Å²) in [4.78, 5) is 26.2. The number of benzene rings is 11. The van der Waals surface area contributed by atoms with E-state index in [0.29, 0.717) is 13.4 Å². The molecular weight excluding hydrogens is 1300 g/mol. The summed E-state index contributed by atoms with van der Waals surface area (Å²) in [6, 6.07) is 105. The predicted molar refractivity (Wildman–Crippen MR) is 405 cm³/mol. The molecule has 15 rings (SSSR count). The summed E-state index contributed by atoms with van der Waals surface area (Å²) >= 11 is 7.18. The first-order valence-corrected chi connectivity index (χ1v) is 32.5. The van der Waals surface area contributed by atoms with Crippen LogP contribution >= 0.6 is 31.9 Å². The SMILES string of the molecule is C.Cc1cc(-c2ccc(N(c3ccccc3)c3ccccc3)cc2)c2ccc3c(-c4ccc(N(c5ccccc5)c5ccccc5)cc4)cc(C)nc3c2n1.Cc1cc(Br)c2ccc3c(Br)cc(C)nc3c2n1.O[B]Oc1ccc(N(c2ccccc2)c2ccccc2)cc1. The van der Waals surface area contributed by atoms with Crippen molar-refractivity contribution in [2.75, 3.05) is 14.7 Å². The third kappa shape index (κ3) is 14.3. The Bertz CT molecular complexity index is 4710. The van der Waals surface area contributed by atoms with Gasteiger partial charge in [0.15, 0.2) is 0 Å². The van der Waals surface area contributed by atoms with Gasteiger partial charge in [-0.1, -0.05) is 197 Å². The Labute approximate surface area is 572 Å². The predicted octanol–water partition coefficient (Wildman–Crippen LogP) is 23.3. The fraction of sp³-hybridized carbons (Fsp3) is 0.0602. The fourth-order valence-electron chi connectivity index (χ4n) is 12.0. The zero-order chi connectivity index (χ0) is 64.5. The van der Waals surface area contributed by atoms with Gasteiger partial charge in [-0.15, -0.1) is 0 Å². The maximum Gasteiger partial charge on any atom is 0.569 e. The average molecular weight is 1370 g/mol. The van der Waals surface area contributed by atoms with Crippen LogP contribution in [0.15, 0.2) is 312 Å². The number of fused-ring (bicyclic) bond motifs is 6. The van der Waals surface area contributed by atoms with E-state index in [1.165, 1.54) is 0 Å². The highest BCUT2D eigenvalue weighted by molar-refractivity contribution is 9.11. The number of para-hydroxylation sites is 6. The van der Waals surface area contributed by atoms with Gasteiger partial charge in [0, 0.05) is 104 Å². The van der Waals surface area contributed by atoms with E-state index >= 15 is 0 Å². The Morgan fingerprint density at radius 3 is 0.800 bits per heavy atom. The number of aromatic nitrogens is 4. The van der Waals surface area contributed by atoms with Crippen molar-refractivity contribution in [3.05, 3.63) is 335 Å². The minimum atomic E-state index is 0. The molecule has 11 aromatic carbocycles. The number of pyridine rings is 4. The normalized spacial score (nSPS) is 10.8. The number of rotatable bonds is 13. The van der Waals surface area contributed by atoms with Gasteiger partial charge in [0.25, 0.3) is 0 Å². The van der Waals surface area contributed by atoms with Crippen LogP contribution in [0.3, 0.4) is 0 Å². The van der Waals surface area contributed by atoms with Crippen LogP contribution in [-0.4, -0.2) is 32.6 Å². The van der Waals surface area contributed by atoms with E-state index in [1.54, 1.807) is 0 Å². The van der Waals surface area contributed by atoms with E-state index in [1.807, 2.05) is 86.6 Å². The van der Waals surface area contributed by atoms with Crippen LogP contribution < -0.4 is 19.4 Å². The minimum absolute atomic E-state index is 0. The molecule has 4 aromatic heterocycles. The van der Waals surface area contributed by atoms with Crippen molar-refractivity contribution < 1.29 is 9.68 Å². The monoisotopic (exact) mass is 1360 g/mol. The summed E-state index contributed by atoms with van der Waals surface area (Å²) in [6.45, 7) is 8.13. The third-order valence-electron chi connectivity index (χ3n) is 16.2. The zero-order valence-corrected chi connectivity index (χ0v) is 55.4. The third-order valence-corrected chi connectivity index (χ3v) is 17.5. The molecule has 0 bridgehead atoms. The van der Waals surface area contributed by atoms with Crippen molar-refractivity contribution >= 4 is 134 Å². The molecule has 0 fully saturated rings. The number of hydrogen-bond donors (Lipinski definition) is 1. The van der Waals surface area contributed by atoms with Gasteiger partial charge >= 0.3 is 7.69 Å². The molecule has 0 saturated heterocycles. The Morgan fingerprint density at radius 2 is 0.526 bits per heavy atom. The smallest absolute Gasteiger partial charge is 0.537 e. The van der Waals surface area contributed by atoms with Crippen molar-refractivity contribution in [2.45, 2.75) is 35.1 Å². The van der Waals surface area contributed by atoms with Crippen LogP contribution in [0.5, 0.6) is 5.75 Å². The Hall–Kier alpha value is -10.8. The highest BCUT2D eigenvalue weighted by atomic mass is 79.9. The van der Waals surface area contributed by atoms with E-state index < -0.39 is 0 Å². The first-order valence-electron chi connectivity index (χ1n) is 30.9. The number of halogens is 2. The number of nitrogens with zero attached hydrogens (tertiary/aromatic N) is 7. The van der Waals surface area contributed by atoms with Crippen LogP contribution in [0.2, 0.25) is 0 Å². The van der Waals surface area contributed by atoms with Crippen LogP contribution in [0, 0.1) is 27.7 Å². The summed E-state index contributed by atoms with van der Waals surface area (Å²) in [5.41, 5.74) is 22.0. The molecular formula is C83H67BBr2N7O2. The molecule has 4 heterocycles. The second kappa shape index (κ2) is 29.5. The van der Waals surface area contributed by atoms with Gasteiger partial charge in [0.1, 0.15) is 5.75 Å². The quantitative estimate of drug-likeness (QED) is 0.0895. The lowest BCUT2D eigenvalue weighted by Gasteiger charge is -2.25. The van der Waals surface area contributed by atoms with Crippen LogP contribution in [-0.2, 0) is 0 Å². The lowest BCUT2D eigenvalue weighted by molar-refractivity contribution is 0.454. The van der Waals surface area contributed by atoms with Crippen molar-refractivity contribution in [1.29, 1.82) is 0 Å². The van der Waals surface area contributed by atoms with Gasteiger partial charge in [-0.3, -0.25) is 19.9 Å². The molecule has 0 aliphatic rings. The summed E-state index contributed by atoms with van der Waals surface area (Å²) in [7, 11) is 0.682. The van der Waals surface area contributed by atoms with Crippen LogP contribution in [0.1, 0.15) is 30.2 Å². The molecule has 1 radical (unpaired) electrons. The standard InChI is InChI=1S/C50H38N4.C18H15BNO2.C14H10Br2N2.CH4/c1-35-33-47(37-23-27-43(28-24-37)53(39-15-7-3-8-16-39)40-17-9-4-10-18-40)45-31-32-46-48(34-36(2)52-50(46)49(45)51-35)38-25-29-44(30-26-38)54(41-19-11-5-12-20-41)42-21-13-6-14-22-42;21-19-22-18-13-11-17(12-14-18)20(15-7-3-1-4-8-15)16-9-5-2-6-10-16;1-7-5-11(15)9-3-4-10-12(16)6-8(2)18-14(10)13(9)17-7;/h3-34H,1-2H3;1-14,21H;3-6H,1-2H3;1H4. The van der Waals surface area contributed by atoms with Crippen LogP contribution in [0.4, 0.5) is 51.2 Å². The molecule has 0 spiro atoms. The molecule has 0 aliphatic heterocycles. The van der Waals surface area contributed by atoms with E-state index in [9.17, 15) is 0 Å². The molecule has 15 aromatic rings. The van der Waals surface area contributed by atoms with Gasteiger partial charge in [-0.05, 0) is 196 Å². The molecule has 95 heavy (non-hydrogen) atoms. The number of anilines is 9. The number of aryl methyl sites for hydroxylation is 4. The molecule has 9 nitrogen and oxygen atoms in total. The van der Waals surface area contributed by atoms with Crippen molar-refractivity contribution in [3.63, 3.8) is 0 Å². The van der Waals surface area contributed by atoms with Gasteiger partial charge in [-0.2, -0.15) is 0 Å². The maximum atomic E-state index is 8.70. The van der Waals surface area contributed by atoms with Crippen molar-refractivity contribution in [2.24, 2.45) is 0 Å². The number of hydrogen-bond acceptors (Lipinski definition) is 9. The topological polar surface area (TPSA) is 90.7 Å². The second-order valence-electron chi connectivity index (χ2n) is 22.7. The summed E-state index contributed by atoms with van der Waals surface area (Å²) in [5, 5.41) is 13.1. The Morgan fingerprint density at radius 1 is 0.295 bits per heavy atom. The summed E-state index contributed by atoms with van der Waals surface area (Å²) in [6.07, 6.45) is 0. The molecule has 0 amide bonds. The van der Waals surface area contributed by atoms with Crippen LogP contribution in [0.25, 0.3) is 65.9 Å².